The summed E-state index contributed by atoms with van der Waals surface area (Å²) in [6, 6.07) is 21.9. The first kappa shape index (κ1) is 17.9. The van der Waals surface area contributed by atoms with Crippen molar-refractivity contribution in [1.82, 2.24) is 9.47 Å². The van der Waals surface area contributed by atoms with Gasteiger partial charge in [-0.2, -0.15) is 5.26 Å². The van der Waals surface area contributed by atoms with Gasteiger partial charge >= 0.3 is 0 Å². The fraction of sp³-hybridized carbons (Fsp3) is 0.217. The number of anilines is 1. The van der Waals surface area contributed by atoms with Crippen molar-refractivity contribution in [3.05, 3.63) is 88.7 Å². The van der Waals surface area contributed by atoms with Crippen LogP contribution < -0.4 is 5.32 Å². The second-order valence-electron chi connectivity index (χ2n) is 7.07. The Hall–Kier alpha value is -3.52. The molecule has 1 aliphatic rings. The van der Waals surface area contributed by atoms with E-state index in [1.54, 1.807) is 0 Å². The molecule has 1 atom stereocenters. The largest absolute Gasteiger partial charge is 0.361 e. The maximum atomic E-state index is 13.3. The molecule has 140 valence electrons. The molecular weight excluding hydrogens is 348 g/mol. The number of para-hydroxylation sites is 1. The number of hydrogen-bond acceptors (Lipinski definition) is 3. The third-order valence-corrected chi connectivity index (χ3v) is 5.49. The Labute approximate surface area is 164 Å². The standard InChI is InChI=1S/C23H22N4O/c1-16-20(14-18(15-24)26(16)2)22-25-21-11-7-6-10-19(21)23(28)27(22)13-12-17-8-4-3-5-9-17/h3-11,14,22,25H,12-13H2,1-2H3. The Morgan fingerprint density at radius 1 is 1.11 bits per heavy atom. The van der Waals surface area contributed by atoms with Crippen molar-refractivity contribution in [3.8, 4) is 6.07 Å². The molecule has 5 nitrogen and oxygen atoms in total. The topological polar surface area (TPSA) is 61.1 Å². The van der Waals surface area contributed by atoms with Gasteiger partial charge in [0, 0.05) is 30.5 Å². The van der Waals surface area contributed by atoms with Gasteiger partial charge in [0.25, 0.3) is 5.91 Å². The van der Waals surface area contributed by atoms with Crippen molar-refractivity contribution in [3.63, 3.8) is 0 Å². The van der Waals surface area contributed by atoms with Crippen LogP contribution in [0.4, 0.5) is 5.69 Å². The second kappa shape index (κ2) is 7.24. The minimum absolute atomic E-state index is 0.0111. The van der Waals surface area contributed by atoms with Gasteiger partial charge in [-0.05, 0) is 37.1 Å². The number of hydrogen-bond donors (Lipinski definition) is 1. The van der Waals surface area contributed by atoms with E-state index in [1.165, 1.54) is 5.56 Å². The summed E-state index contributed by atoms with van der Waals surface area (Å²) in [6.07, 6.45) is 0.462. The number of fused-ring (bicyclic) bond motifs is 1. The summed E-state index contributed by atoms with van der Waals surface area (Å²) in [6.45, 7) is 2.57. The third-order valence-electron chi connectivity index (χ3n) is 5.49. The normalized spacial score (nSPS) is 15.7. The molecule has 2 aromatic carbocycles. The molecule has 3 aromatic rings. The first-order chi connectivity index (χ1) is 13.6. The molecule has 0 saturated carbocycles. The lowest BCUT2D eigenvalue weighted by atomic mass is 10.0. The molecule has 4 rings (SSSR count). The molecule has 1 unspecified atom stereocenters. The van der Waals surface area contributed by atoms with Crippen LogP contribution >= 0.6 is 0 Å². The smallest absolute Gasteiger partial charge is 0.257 e. The zero-order valence-corrected chi connectivity index (χ0v) is 16.0. The second-order valence-corrected chi connectivity index (χ2v) is 7.07. The SMILES string of the molecule is Cc1c(C2Nc3ccccc3C(=O)N2CCc2ccccc2)cc(C#N)n1C. The zero-order chi connectivity index (χ0) is 19.7. The van der Waals surface area contributed by atoms with Gasteiger partial charge < -0.3 is 14.8 Å². The highest BCUT2D eigenvalue weighted by Gasteiger charge is 2.34. The van der Waals surface area contributed by atoms with E-state index in [2.05, 4.69) is 23.5 Å². The van der Waals surface area contributed by atoms with E-state index in [4.69, 9.17) is 0 Å². The van der Waals surface area contributed by atoms with E-state index < -0.39 is 0 Å². The Morgan fingerprint density at radius 2 is 1.82 bits per heavy atom. The number of aromatic nitrogens is 1. The third kappa shape index (κ3) is 3.03. The summed E-state index contributed by atoms with van der Waals surface area (Å²) >= 11 is 0. The van der Waals surface area contributed by atoms with Crippen LogP contribution in [0.25, 0.3) is 0 Å². The van der Waals surface area contributed by atoms with Crippen molar-refractivity contribution in [2.24, 2.45) is 7.05 Å². The van der Waals surface area contributed by atoms with Gasteiger partial charge in [-0.3, -0.25) is 4.79 Å². The van der Waals surface area contributed by atoms with Crippen LogP contribution in [0.15, 0.2) is 60.7 Å². The molecule has 0 fully saturated rings. The van der Waals surface area contributed by atoms with Crippen molar-refractivity contribution in [2.45, 2.75) is 19.5 Å². The van der Waals surface area contributed by atoms with Gasteiger partial charge in [-0.15, -0.1) is 0 Å². The molecule has 1 aromatic heterocycles. The molecule has 1 aliphatic heterocycles. The molecule has 0 saturated heterocycles. The number of rotatable bonds is 4. The lowest BCUT2D eigenvalue weighted by molar-refractivity contribution is 0.0685. The van der Waals surface area contributed by atoms with Crippen LogP contribution in [0.2, 0.25) is 0 Å². The van der Waals surface area contributed by atoms with E-state index in [1.807, 2.05) is 72.0 Å². The number of nitriles is 1. The molecule has 2 heterocycles. The number of amides is 1. The van der Waals surface area contributed by atoms with E-state index in [-0.39, 0.29) is 12.1 Å². The highest BCUT2D eigenvalue weighted by atomic mass is 16.2. The van der Waals surface area contributed by atoms with Crippen LogP contribution in [0.5, 0.6) is 0 Å². The zero-order valence-electron chi connectivity index (χ0n) is 16.0. The minimum atomic E-state index is -0.306. The molecule has 5 heteroatoms. The van der Waals surface area contributed by atoms with Gasteiger partial charge in [-0.25, -0.2) is 0 Å². The van der Waals surface area contributed by atoms with Gasteiger partial charge in [0.2, 0.25) is 0 Å². The summed E-state index contributed by atoms with van der Waals surface area (Å²) in [5.41, 5.74) is 5.22. The van der Waals surface area contributed by atoms with E-state index in [9.17, 15) is 10.1 Å². The van der Waals surface area contributed by atoms with E-state index in [0.29, 0.717) is 17.8 Å². The van der Waals surface area contributed by atoms with Crippen molar-refractivity contribution in [1.29, 1.82) is 5.26 Å². The number of nitrogens with zero attached hydrogens (tertiary/aromatic N) is 3. The van der Waals surface area contributed by atoms with Crippen LogP contribution in [0.3, 0.4) is 0 Å². The Morgan fingerprint density at radius 3 is 2.54 bits per heavy atom. The number of nitrogens with one attached hydrogen (secondary N) is 1. The monoisotopic (exact) mass is 370 g/mol. The fourth-order valence-corrected chi connectivity index (χ4v) is 3.77. The lowest BCUT2D eigenvalue weighted by Gasteiger charge is -2.38. The Balaban J connectivity index is 1.73. The number of benzene rings is 2. The molecule has 1 N–H and O–H groups in total. The summed E-state index contributed by atoms with van der Waals surface area (Å²) in [5, 5.41) is 12.9. The first-order valence-electron chi connectivity index (χ1n) is 9.37. The van der Waals surface area contributed by atoms with Crippen molar-refractivity contribution >= 4 is 11.6 Å². The maximum absolute atomic E-state index is 13.3. The predicted octanol–water partition coefficient (Wildman–Crippen LogP) is 4.01. The molecule has 1 amide bonds. The molecule has 0 aliphatic carbocycles. The van der Waals surface area contributed by atoms with Crippen molar-refractivity contribution < 1.29 is 4.79 Å². The summed E-state index contributed by atoms with van der Waals surface area (Å²) < 4.78 is 1.87. The van der Waals surface area contributed by atoms with Crippen LogP contribution in [-0.2, 0) is 13.5 Å². The van der Waals surface area contributed by atoms with Gasteiger partial charge in [0.15, 0.2) is 0 Å². The van der Waals surface area contributed by atoms with Gasteiger partial charge in [-0.1, -0.05) is 42.5 Å². The average Bonchev–Trinajstić information content (AvgIpc) is 3.02. The van der Waals surface area contributed by atoms with Crippen LogP contribution in [-0.4, -0.2) is 21.9 Å². The van der Waals surface area contributed by atoms with Crippen molar-refractivity contribution in [2.75, 3.05) is 11.9 Å². The average molecular weight is 370 g/mol. The Kier molecular flexibility index (Phi) is 4.62. The predicted molar refractivity (Wildman–Crippen MR) is 109 cm³/mol. The van der Waals surface area contributed by atoms with Crippen LogP contribution in [0, 0.1) is 18.3 Å². The fourth-order valence-electron chi connectivity index (χ4n) is 3.77. The van der Waals surface area contributed by atoms with Gasteiger partial charge in [0.05, 0.1) is 5.56 Å². The van der Waals surface area contributed by atoms with E-state index in [0.717, 1.165) is 23.4 Å². The highest BCUT2D eigenvalue weighted by Crippen LogP contribution is 2.35. The molecule has 28 heavy (non-hydrogen) atoms. The summed E-state index contributed by atoms with van der Waals surface area (Å²) in [5.74, 6) is 0.0111. The molecule has 0 bridgehead atoms. The highest BCUT2D eigenvalue weighted by molar-refractivity contribution is 6.01. The molecule has 0 spiro atoms. The maximum Gasteiger partial charge on any atom is 0.257 e. The minimum Gasteiger partial charge on any atom is -0.361 e. The summed E-state index contributed by atoms with van der Waals surface area (Å²) in [7, 11) is 1.88. The number of carbonyl (C=O) groups excluding carboxylic acids is 1. The molecule has 0 radical (unpaired) electrons. The van der Waals surface area contributed by atoms with Gasteiger partial charge in [0.1, 0.15) is 17.9 Å². The quantitative estimate of drug-likeness (QED) is 0.755. The van der Waals surface area contributed by atoms with Crippen LogP contribution in [0.1, 0.15) is 39.0 Å². The number of carbonyl (C=O) groups is 1. The van der Waals surface area contributed by atoms with E-state index >= 15 is 0 Å². The summed E-state index contributed by atoms with van der Waals surface area (Å²) in [4.78, 5) is 15.2. The Bertz CT molecular complexity index is 1060. The lowest BCUT2D eigenvalue weighted by Crippen LogP contribution is -2.44. The molecular formula is C23H22N4O. The first-order valence-corrected chi connectivity index (χ1v) is 9.37.